The molecule has 0 saturated heterocycles. The molecule has 212 valence electrons. The zero-order chi connectivity index (χ0) is 29.6. The Labute approximate surface area is 239 Å². The van der Waals surface area contributed by atoms with Gasteiger partial charge in [0.2, 0.25) is 0 Å². The third-order valence-electron chi connectivity index (χ3n) is 6.70. The van der Waals surface area contributed by atoms with Gasteiger partial charge in [-0.2, -0.15) is 0 Å². The molecule has 5 rings (SSSR count). The summed E-state index contributed by atoms with van der Waals surface area (Å²) in [5.74, 6) is -0.227. The van der Waals surface area contributed by atoms with Gasteiger partial charge in [0.15, 0.2) is 18.9 Å². The van der Waals surface area contributed by atoms with Crippen LogP contribution in [0.5, 0.6) is 5.75 Å². The highest BCUT2D eigenvalue weighted by molar-refractivity contribution is 7.85. The second kappa shape index (κ2) is 12.8. The van der Waals surface area contributed by atoms with Crippen LogP contribution >= 0.6 is 0 Å². The number of anilines is 1. The lowest BCUT2D eigenvalue weighted by Gasteiger charge is -2.21. The molecule has 0 amide bonds. The van der Waals surface area contributed by atoms with E-state index in [0.29, 0.717) is 16.7 Å². The first-order chi connectivity index (χ1) is 19.6. The van der Waals surface area contributed by atoms with Gasteiger partial charge in [-0.1, -0.05) is 36.4 Å². The number of hydrogen-bond donors (Lipinski definition) is 1. The molecule has 1 N–H and O–H groups in total. The Balaban J connectivity index is 0.000000271. The molecule has 41 heavy (non-hydrogen) atoms. The highest BCUT2D eigenvalue weighted by atomic mass is 32.2. The van der Waals surface area contributed by atoms with E-state index in [1.165, 1.54) is 24.6 Å². The van der Waals surface area contributed by atoms with Gasteiger partial charge in [-0.15, -0.1) is 0 Å². The van der Waals surface area contributed by atoms with Gasteiger partial charge in [0.1, 0.15) is 21.5 Å². The maximum atomic E-state index is 12.6. The van der Waals surface area contributed by atoms with Gasteiger partial charge >= 0.3 is 5.63 Å². The van der Waals surface area contributed by atoms with E-state index >= 15 is 0 Å². The predicted molar refractivity (Wildman–Crippen MR) is 158 cm³/mol. The molecule has 0 unspecified atom stereocenters. The van der Waals surface area contributed by atoms with E-state index in [1.807, 2.05) is 60.9 Å². The Morgan fingerprint density at radius 1 is 0.902 bits per heavy atom. The van der Waals surface area contributed by atoms with E-state index < -0.39 is 10.1 Å². The molecule has 3 aromatic carbocycles. The monoisotopic (exact) mass is 572 g/mol. The average Bonchev–Trinajstić information content (AvgIpc) is 2.95. The van der Waals surface area contributed by atoms with Crippen molar-refractivity contribution in [1.29, 1.82) is 0 Å². The fraction of sp³-hybridized carbons (Fsp3) is 0.188. The summed E-state index contributed by atoms with van der Waals surface area (Å²) in [5, 5.41) is 9.82. The number of hydrogen-bond acceptors (Lipinski definition) is 7. The fourth-order valence-electron chi connectivity index (χ4n) is 4.48. The minimum absolute atomic E-state index is 0.227. The number of benzene rings is 3. The molecule has 2 heterocycles. The van der Waals surface area contributed by atoms with Gasteiger partial charge < -0.3 is 19.0 Å². The van der Waals surface area contributed by atoms with E-state index in [1.54, 1.807) is 0 Å². The van der Waals surface area contributed by atoms with Crippen molar-refractivity contribution in [1.82, 2.24) is 0 Å². The largest absolute Gasteiger partial charge is 0.744 e. The first-order valence-corrected chi connectivity index (χ1v) is 14.6. The number of rotatable bonds is 7. The molecule has 0 aliphatic heterocycles. The molecule has 0 saturated carbocycles. The van der Waals surface area contributed by atoms with Crippen LogP contribution in [0.4, 0.5) is 5.69 Å². The molecule has 5 aromatic rings. The SMILES string of the molecule is CCN(CC)c1ccc2cc(-c3cc[n+](Cc4ccccc4)cc3)c(=O)oc2c1.Cc1ccc(O)cc1S(=O)(=O)[O-]. The number of phenolic OH excluding ortho intramolecular Hbond substituents is 1. The van der Waals surface area contributed by atoms with Gasteiger partial charge in [-0.05, 0) is 56.7 Å². The predicted octanol–water partition coefficient (Wildman–Crippen LogP) is 5.25. The summed E-state index contributed by atoms with van der Waals surface area (Å²) in [5.41, 5.74) is 4.40. The van der Waals surface area contributed by atoms with E-state index in [2.05, 4.69) is 41.5 Å². The van der Waals surface area contributed by atoms with Crippen LogP contribution in [0.1, 0.15) is 25.0 Å². The third kappa shape index (κ3) is 7.39. The summed E-state index contributed by atoms with van der Waals surface area (Å²) >= 11 is 0. The summed E-state index contributed by atoms with van der Waals surface area (Å²) in [4.78, 5) is 14.5. The van der Waals surface area contributed by atoms with Crippen LogP contribution in [0.3, 0.4) is 0 Å². The lowest BCUT2D eigenvalue weighted by Crippen LogP contribution is -2.33. The van der Waals surface area contributed by atoms with Crippen LogP contribution in [0.15, 0.2) is 111 Å². The van der Waals surface area contributed by atoms with Crippen molar-refractivity contribution in [2.45, 2.75) is 32.2 Å². The van der Waals surface area contributed by atoms with Crippen molar-refractivity contribution in [3.63, 3.8) is 0 Å². The smallest absolute Gasteiger partial charge is 0.344 e. The number of nitrogens with zero attached hydrogens (tertiary/aromatic N) is 2. The number of aromatic nitrogens is 1. The summed E-state index contributed by atoms with van der Waals surface area (Å²) in [6.07, 6.45) is 3.99. The van der Waals surface area contributed by atoms with Crippen molar-refractivity contribution in [3.05, 3.63) is 119 Å². The number of aromatic hydroxyl groups is 1. The maximum absolute atomic E-state index is 12.6. The number of pyridine rings is 1. The number of phenols is 1. The summed E-state index contributed by atoms with van der Waals surface area (Å²) in [6, 6.07) is 25.8. The molecule has 0 bridgehead atoms. The van der Waals surface area contributed by atoms with Gasteiger partial charge in [-0.3, -0.25) is 0 Å². The summed E-state index contributed by atoms with van der Waals surface area (Å²) in [7, 11) is -4.47. The highest BCUT2D eigenvalue weighted by Gasteiger charge is 2.12. The second-order valence-electron chi connectivity index (χ2n) is 9.49. The normalized spacial score (nSPS) is 11.1. The first-order valence-electron chi connectivity index (χ1n) is 13.2. The Morgan fingerprint density at radius 2 is 1.59 bits per heavy atom. The quantitative estimate of drug-likeness (QED) is 0.161. The molecule has 9 heteroatoms. The molecular formula is C32H32N2O6S. The first kappa shape index (κ1) is 29.5. The van der Waals surface area contributed by atoms with Crippen molar-refractivity contribution >= 4 is 26.8 Å². The molecule has 0 atom stereocenters. The number of fused-ring (bicyclic) bond motifs is 1. The van der Waals surface area contributed by atoms with Crippen molar-refractivity contribution < 1.29 is 27.1 Å². The molecule has 0 spiro atoms. The Morgan fingerprint density at radius 3 is 2.20 bits per heavy atom. The lowest BCUT2D eigenvalue weighted by atomic mass is 10.1. The Hall–Kier alpha value is -4.47. The van der Waals surface area contributed by atoms with Crippen LogP contribution in [0.25, 0.3) is 22.1 Å². The molecule has 0 radical (unpaired) electrons. The Bertz CT molecular complexity index is 1800. The molecular weight excluding hydrogens is 540 g/mol. The van der Waals surface area contributed by atoms with Crippen LogP contribution in [-0.2, 0) is 16.7 Å². The molecule has 2 aromatic heterocycles. The second-order valence-corrected chi connectivity index (χ2v) is 10.8. The van der Waals surface area contributed by atoms with Crippen molar-refractivity contribution in [2.24, 2.45) is 0 Å². The van der Waals surface area contributed by atoms with E-state index in [9.17, 15) is 17.8 Å². The van der Waals surface area contributed by atoms with Gasteiger partial charge in [0.05, 0.1) is 10.5 Å². The fourth-order valence-corrected chi connectivity index (χ4v) is 5.21. The van der Waals surface area contributed by atoms with Crippen LogP contribution < -0.4 is 15.1 Å². The van der Waals surface area contributed by atoms with E-state index in [0.717, 1.165) is 42.3 Å². The van der Waals surface area contributed by atoms with Crippen molar-refractivity contribution in [3.8, 4) is 16.9 Å². The van der Waals surface area contributed by atoms with Crippen LogP contribution in [0.2, 0.25) is 0 Å². The molecule has 0 aliphatic carbocycles. The average molecular weight is 573 g/mol. The Kier molecular flexibility index (Phi) is 9.21. The number of aryl methyl sites for hydroxylation is 1. The highest BCUT2D eigenvalue weighted by Crippen LogP contribution is 2.25. The standard InChI is InChI=1S/C25H25N2O2.C7H8O4S/c1-3-27(4-2)22-11-10-21-16-23(25(28)29-24(21)17-22)20-12-14-26(15-13-20)18-19-8-6-5-7-9-19;1-5-2-3-6(8)4-7(5)12(9,10)11/h5-17H,3-4,18H2,1-2H3;2-4,8H,1H3,(H,9,10,11)/q+1;/p-1. The van der Waals surface area contributed by atoms with Crippen LogP contribution in [0, 0.1) is 6.92 Å². The van der Waals surface area contributed by atoms with Crippen molar-refractivity contribution in [2.75, 3.05) is 18.0 Å². The van der Waals surface area contributed by atoms with Gasteiger partial charge in [-0.25, -0.2) is 17.8 Å². The molecule has 0 fully saturated rings. The minimum atomic E-state index is -4.47. The zero-order valence-electron chi connectivity index (χ0n) is 23.2. The molecule has 0 aliphatic rings. The molecule has 8 nitrogen and oxygen atoms in total. The van der Waals surface area contributed by atoms with Gasteiger partial charge in [0.25, 0.3) is 0 Å². The zero-order valence-corrected chi connectivity index (χ0v) is 24.0. The third-order valence-corrected chi connectivity index (χ3v) is 7.68. The van der Waals surface area contributed by atoms with E-state index in [4.69, 9.17) is 9.52 Å². The lowest BCUT2D eigenvalue weighted by molar-refractivity contribution is -0.688. The van der Waals surface area contributed by atoms with Crippen LogP contribution in [-0.4, -0.2) is 31.2 Å². The summed E-state index contributed by atoms with van der Waals surface area (Å²) in [6.45, 7) is 8.35. The summed E-state index contributed by atoms with van der Waals surface area (Å²) < 4.78 is 39.4. The van der Waals surface area contributed by atoms with Gasteiger partial charge in [0, 0.05) is 53.5 Å². The van der Waals surface area contributed by atoms with E-state index in [-0.39, 0.29) is 16.3 Å². The topological polar surface area (TPSA) is 115 Å². The maximum Gasteiger partial charge on any atom is 0.344 e. The minimum Gasteiger partial charge on any atom is -0.744 e.